The Balaban J connectivity index is 2.00. The van der Waals surface area contributed by atoms with E-state index in [-0.39, 0.29) is 5.41 Å². The number of anilines is 1. The number of para-hydroxylation sites is 1. The van der Waals surface area contributed by atoms with Crippen LogP contribution in [0.4, 0.5) is 5.69 Å². The SMILES string of the molecule is [B]C1C([O-])C(C=C2N(C)c3ccccc3C2(C)C)C1[O-]. The molecular formula is C16H18BNO2-2. The van der Waals surface area contributed by atoms with E-state index in [0.29, 0.717) is 0 Å². The first-order valence-electron chi connectivity index (χ1n) is 6.98. The fourth-order valence-corrected chi connectivity index (χ4v) is 3.42. The summed E-state index contributed by atoms with van der Waals surface area (Å²) >= 11 is 0. The van der Waals surface area contributed by atoms with Gasteiger partial charge in [-0.1, -0.05) is 38.1 Å². The minimum atomic E-state index is -0.974. The molecule has 0 spiro atoms. The Hall–Kier alpha value is -1.26. The summed E-state index contributed by atoms with van der Waals surface area (Å²) in [6.45, 7) is 4.25. The molecule has 2 unspecified atom stereocenters. The molecule has 2 radical (unpaired) electrons. The van der Waals surface area contributed by atoms with E-state index >= 15 is 0 Å². The highest BCUT2D eigenvalue weighted by Gasteiger charge is 2.40. The highest BCUT2D eigenvalue weighted by Crippen LogP contribution is 2.48. The molecule has 3 nitrogen and oxygen atoms in total. The molecule has 0 bridgehead atoms. The van der Waals surface area contributed by atoms with E-state index in [2.05, 4.69) is 30.9 Å². The summed E-state index contributed by atoms with van der Waals surface area (Å²) in [6, 6.07) is 8.18. The third-order valence-corrected chi connectivity index (χ3v) is 4.81. The van der Waals surface area contributed by atoms with Gasteiger partial charge in [-0.3, -0.25) is 0 Å². The number of fused-ring (bicyclic) bond motifs is 1. The van der Waals surface area contributed by atoms with Crippen molar-refractivity contribution in [3.63, 3.8) is 0 Å². The summed E-state index contributed by atoms with van der Waals surface area (Å²) in [7, 11) is 7.53. The van der Waals surface area contributed by atoms with Gasteiger partial charge in [0.15, 0.2) is 0 Å². The smallest absolute Gasteiger partial charge is 0.0671 e. The van der Waals surface area contributed by atoms with Gasteiger partial charge in [0.1, 0.15) is 0 Å². The maximum atomic E-state index is 11.8. The van der Waals surface area contributed by atoms with Gasteiger partial charge in [-0.25, -0.2) is 0 Å². The zero-order valence-electron chi connectivity index (χ0n) is 12.0. The molecule has 1 saturated carbocycles. The van der Waals surface area contributed by atoms with Gasteiger partial charge in [-0.15, -0.1) is 18.0 Å². The molecule has 0 amide bonds. The Bertz CT molecular complexity index is 559. The van der Waals surface area contributed by atoms with Gasteiger partial charge in [0.05, 0.1) is 7.85 Å². The van der Waals surface area contributed by atoms with E-state index < -0.39 is 23.9 Å². The molecule has 1 aliphatic carbocycles. The van der Waals surface area contributed by atoms with Crippen LogP contribution in [-0.4, -0.2) is 27.1 Å². The van der Waals surface area contributed by atoms with Crippen molar-refractivity contribution in [3.05, 3.63) is 41.6 Å². The molecule has 2 atom stereocenters. The van der Waals surface area contributed by atoms with Crippen LogP contribution in [0.1, 0.15) is 19.4 Å². The quantitative estimate of drug-likeness (QED) is 0.689. The highest BCUT2D eigenvalue weighted by atomic mass is 16.3. The van der Waals surface area contributed by atoms with Crippen LogP contribution in [0, 0.1) is 5.92 Å². The number of likely N-dealkylation sites (N-methyl/N-ethyl adjacent to an activating group) is 1. The fraction of sp³-hybridized carbons (Fsp3) is 0.500. The molecule has 3 rings (SSSR count). The molecule has 20 heavy (non-hydrogen) atoms. The fourth-order valence-electron chi connectivity index (χ4n) is 3.42. The van der Waals surface area contributed by atoms with Gasteiger partial charge >= 0.3 is 0 Å². The van der Waals surface area contributed by atoms with Crippen molar-refractivity contribution in [1.82, 2.24) is 0 Å². The first kappa shape index (κ1) is 13.7. The predicted molar refractivity (Wildman–Crippen MR) is 76.5 cm³/mol. The summed E-state index contributed by atoms with van der Waals surface area (Å²) < 4.78 is 0. The largest absolute Gasteiger partial charge is 0.852 e. The van der Waals surface area contributed by atoms with E-state index in [1.165, 1.54) is 5.56 Å². The average Bonchev–Trinajstić information content (AvgIpc) is 2.64. The minimum absolute atomic E-state index is 0.190. The monoisotopic (exact) mass is 267 g/mol. The maximum absolute atomic E-state index is 11.8. The Kier molecular flexibility index (Phi) is 3.00. The number of allylic oxidation sites excluding steroid dienone is 1. The zero-order chi connectivity index (χ0) is 14.7. The van der Waals surface area contributed by atoms with Gasteiger partial charge < -0.3 is 15.1 Å². The van der Waals surface area contributed by atoms with Gasteiger partial charge in [0.2, 0.25) is 0 Å². The Morgan fingerprint density at radius 1 is 1.20 bits per heavy atom. The van der Waals surface area contributed by atoms with Crippen molar-refractivity contribution >= 4 is 13.5 Å². The third kappa shape index (κ3) is 1.68. The second kappa shape index (κ2) is 4.37. The van der Waals surface area contributed by atoms with Crippen LogP contribution < -0.4 is 15.1 Å². The lowest BCUT2D eigenvalue weighted by molar-refractivity contribution is -0.532. The van der Waals surface area contributed by atoms with Crippen molar-refractivity contribution in [2.24, 2.45) is 5.92 Å². The maximum Gasteiger partial charge on any atom is 0.0671 e. The van der Waals surface area contributed by atoms with Crippen LogP contribution >= 0.6 is 0 Å². The summed E-state index contributed by atoms with van der Waals surface area (Å²) in [4.78, 5) is 2.08. The highest BCUT2D eigenvalue weighted by molar-refractivity contribution is 6.13. The van der Waals surface area contributed by atoms with Crippen LogP contribution in [0.5, 0.6) is 0 Å². The first-order chi connectivity index (χ1) is 9.35. The van der Waals surface area contributed by atoms with Crippen molar-refractivity contribution in [2.45, 2.75) is 37.3 Å². The normalized spacial score (nSPS) is 36.9. The van der Waals surface area contributed by atoms with Crippen LogP contribution in [0.25, 0.3) is 0 Å². The molecular weight excluding hydrogens is 249 g/mol. The molecule has 1 aromatic carbocycles. The Labute approximate surface area is 121 Å². The van der Waals surface area contributed by atoms with Gasteiger partial charge in [-0.2, -0.15) is 0 Å². The van der Waals surface area contributed by atoms with Gasteiger partial charge in [0, 0.05) is 23.8 Å². The number of nitrogens with zero attached hydrogens (tertiary/aromatic N) is 1. The number of hydrogen-bond acceptors (Lipinski definition) is 3. The Morgan fingerprint density at radius 2 is 1.80 bits per heavy atom. The molecule has 0 N–H and O–H groups in total. The minimum Gasteiger partial charge on any atom is -0.852 e. The molecule has 0 saturated heterocycles. The molecule has 1 aromatic rings. The molecule has 2 aliphatic rings. The van der Waals surface area contributed by atoms with Crippen molar-refractivity contribution in [3.8, 4) is 0 Å². The lowest BCUT2D eigenvalue weighted by Crippen LogP contribution is -2.63. The first-order valence-corrected chi connectivity index (χ1v) is 6.98. The van der Waals surface area contributed by atoms with E-state index in [9.17, 15) is 10.2 Å². The Morgan fingerprint density at radius 3 is 2.40 bits per heavy atom. The average molecular weight is 267 g/mol. The standard InChI is InChI=1S/C16H18BNO2/c1-16(2)10-6-4-5-7-11(10)18(3)12(16)8-9-14(19)13(17)15(9)20/h4-9,13-15H,1-3H3/q-2. The molecule has 1 fully saturated rings. The van der Waals surface area contributed by atoms with Crippen molar-refractivity contribution < 1.29 is 10.2 Å². The van der Waals surface area contributed by atoms with Crippen LogP contribution in [0.3, 0.4) is 0 Å². The van der Waals surface area contributed by atoms with Crippen molar-refractivity contribution in [2.75, 3.05) is 11.9 Å². The van der Waals surface area contributed by atoms with Gasteiger partial charge in [0.25, 0.3) is 0 Å². The molecule has 1 heterocycles. The molecule has 4 heteroatoms. The van der Waals surface area contributed by atoms with Crippen molar-refractivity contribution in [1.29, 1.82) is 0 Å². The second-order valence-corrected chi connectivity index (χ2v) is 6.34. The number of hydrogen-bond donors (Lipinski definition) is 0. The summed E-state index contributed by atoms with van der Waals surface area (Å²) in [6.07, 6.45) is -0.0885. The van der Waals surface area contributed by atoms with Crippen LogP contribution in [0.15, 0.2) is 36.0 Å². The lowest BCUT2D eigenvalue weighted by atomic mass is 9.58. The van der Waals surface area contributed by atoms with Gasteiger partial charge in [-0.05, 0) is 17.5 Å². The second-order valence-electron chi connectivity index (χ2n) is 6.34. The summed E-state index contributed by atoms with van der Waals surface area (Å²) in [5, 5.41) is 23.7. The third-order valence-electron chi connectivity index (χ3n) is 4.81. The summed E-state index contributed by atoms with van der Waals surface area (Å²) in [5.74, 6) is -1.26. The topological polar surface area (TPSA) is 49.4 Å². The predicted octanol–water partition coefficient (Wildman–Crippen LogP) is 0.342. The van der Waals surface area contributed by atoms with E-state index in [1.807, 2.05) is 25.3 Å². The number of benzene rings is 1. The van der Waals surface area contributed by atoms with E-state index in [1.54, 1.807) is 0 Å². The molecule has 0 aromatic heterocycles. The van der Waals surface area contributed by atoms with E-state index in [0.717, 1.165) is 11.4 Å². The van der Waals surface area contributed by atoms with Crippen LogP contribution in [-0.2, 0) is 5.41 Å². The molecule has 1 aliphatic heterocycles. The number of rotatable bonds is 1. The molecule has 104 valence electrons. The van der Waals surface area contributed by atoms with Crippen LogP contribution in [0.2, 0.25) is 5.82 Å². The lowest BCUT2D eigenvalue weighted by Gasteiger charge is -2.60. The summed E-state index contributed by atoms with van der Waals surface area (Å²) in [5.41, 5.74) is 3.20. The zero-order valence-corrected chi connectivity index (χ0v) is 12.0. The van der Waals surface area contributed by atoms with E-state index in [4.69, 9.17) is 7.85 Å².